The number of carbonyl (C=O) groups excluding carboxylic acids is 1. The number of ether oxygens (including phenoxy) is 1. The Morgan fingerprint density at radius 1 is 1.38 bits per heavy atom. The fraction of sp³-hybridized carbons (Fsp3) is 0.0769. The summed E-state index contributed by atoms with van der Waals surface area (Å²) in [5.74, 6) is -0.351. The average molecular weight is 323 g/mol. The average Bonchev–Trinajstić information content (AvgIpc) is 2.49. The van der Waals surface area contributed by atoms with Gasteiger partial charge < -0.3 is 10.1 Å². The van der Waals surface area contributed by atoms with Crippen molar-refractivity contribution in [1.29, 1.82) is 5.26 Å². The van der Waals surface area contributed by atoms with Crippen molar-refractivity contribution in [2.45, 2.75) is 0 Å². The van der Waals surface area contributed by atoms with Gasteiger partial charge in [0, 0.05) is 5.56 Å². The second-order valence-corrected chi connectivity index (χ2v) is 4.57. The van der Waals surface area contributed by atoms with Crippen molar-refractivity contribution in [2.75, 3.05) is 12.4 Å². The molecule has 0 saturated carbocycles. The van der Waals surface area contributed by atoms with E-state index in [0.29, 0.717) is 0 Å². The van der Waals surface area contributed by atoms with E-state index >= 15 is 0 Å². The van der Waals surface area contributed by atoms with Crippen molar-refractivity contribution in [3.63, 3.8) is 0 Å². The first-order valence-electron chi connectivity index (χ1n) is 5.62. The van der Waals surface area contributed by atoms with E-state index in [1.807, 2.05) is 6.07 Å². The van der Waals surface area contributed by atoms with Crippen LogP contribution < -0.4 is 10.1 Å². The molecule has 0 saturated heterocycles. The third kappa shape index (κ3) is 3.21. The minimum absolute atomic E-state index is 0.0460. The van der Waals surface area contributed by atoms with Gasteiger partial charge in [-0.3, -0.25) is 4.79 Å². The zero-order valence-corrected chi connectivity index (χ0v) is 12.2. The molecule has 0 aliphatic carbocycles. The molecule has 8 heteroatoms. The number of amides is 1. The topological polar surface area (TPSA) is 87.9 Å². The molecule has 21 heavy (non-hydrogen) atoms. The van der Waals surface area contributed by atoms with E-state index in [9.17, 15) is 4.79 Å². The third-order valence-corrected chi connectivity index (χ3v) is 3.16. The van der Waals surface area contributed by atoms with Crippen LogP contribution in [0.25, 0.3) is 0 Å². The molecule has 2 aromatic rings. The molecule has 0 aliphatic rings. The maximum Gasteiger partial charge on any atom is 0.255 e. The third-order valence-electron chi connectivity index (χ3n) is 2.55. The van der Waals surface area contributed by atoms with Crippen molar-refractivity contribution in [3.05, 3.63) is 45.8 Å². The van der Waals surface area contributed by atoms with Crippen LogP contribution in [-0.2, 0) is 0 Å². The Labute approximate surface area is 130 Å². The monoisotopic (exact) mass is 322 g/mol. The van der Waals surface area contributed by atoms with Gasteiger partial charge in [-0.05, 0) is 18.2 Å². The predicted octanol–water partition coefficient (Wildman–Crippen LogP) is 2.92. The molecule has 0 atom stereocenters. The molecule has 6 nitrogen and oxygen atoms in total. The largest absolute Gasteiger partial charge is 0.479 e. The van der Waals surface area contributed by atoms with Gasteiger partial charge in [0.15, 0.2) is 5.15 Å². The molecule has 1 N–H and O–H groups in total. The quantitative estimate of drug-likeness (QED) is 0.878. The van der Waals surface area contributed by atoms with E-state index in [1.165, 1.54) is 31.6 Å². The lowest BCUT2D eigenvalue weighted by atomic mass is 10.1. The first-order valence-corrected chi connectivity index (χ1v) is 6.38. The number of hydrogen-bond acceptors (Lipinski definition) is 5. The highest BCUT2D eigenvalue weighted by Crippen LogP contribution is 2.28. The Morgan fingerprint density at radius 3 is 2.81 bits per heavy atom. The molecule has 0 aliphatic heterocycles. The number of nitrogens with zero attached hydrogens (tertiary/aromatic N) is 3. The normalized spacial score (nSPS) is 9.81. The highest BCUT2D eigenvalue weighted by molar-refractivity contribution is 6.33. The Morgan fingerprint density at radius 2 is 2.14 bits per heavy atom. The van der Waals surface area contributed by atoms with Gasteiger partial charge in [-0.1, -0.05) is 23.2 Å². The lowest BCUT2D eigenvalue weighted by molar-refractivity contribution is 0.102. The maximum atomic E-state index is 12.2. The number of hydrogen-bond donors (Lipinski definition) is 1. The smallest absolute Gasteiger partial charge is 0.255 e. The minimum Gasteiger partial charge on any atom is -0.479 e. The summed E-state index contributed by atoms with van der Waals surface area (Å²) in [6, 6.07) is 6.23. The standard InChI is InChI=1S/C13H8Cl2N4O2/c1-21-13-10(11(15)17-6-18-13)19-12(20)7-2-3-9(14)8(4-7)5-16/h2-4,6H,1H3,(H,19,20). The summed E-state index contributed by atoms with van der Waals surface area (Å²) in [4.78, 5) is 19.8. The van der Waals surface area contributed by atoms with Gasteiger partial charge in [0.25, 0.3) is 5.91 Å². The van der Waals surface area contributed by atoms with Crippen molar-refractivity contribution in [3.8, 4) is 11.9 Å². The maximum absolute atomic E-state index is 12.2. The first kappa shape index (κ1) is 15.0. The van der Waals surface area contributed by atoms with E-state index in [2.05, 4.69) is 15.3 Å². The van der Waals surface area contributed by atoms with Crippen molar-refractivity contribution >= 4 is 34.8 Å². The van der Waals surface area contributed by atoms with E-state index in [-0.39, 0.29) is 32.9 Å². The van der Waals surface area contributed by atoms with Gasteiger partial charge in [0.05, 0.1) is 17.7 Å². The lowest BCUT2D eigenvalue weighted by Crippen LogP contribution is -2.14. The Kier molecular flexibility index (Phi) is 4.58. The van der Waals surface area contributed by atoms with Crippen molar-refractivity contribution in [1.82, 2.24) is 9.97 Å². The molecular weight excluding hydrogens is 315 g/mol. The summed E-state index contributed by atoms with van der Waals surface area (Å²) < 4.78 is 5.00. The van der Waals surface area contributed by atoms with E-state index in [1.54, 1.807) is 0 Å². The molecule has 0 unspecified atom stereocenters. The number of halogens is 2. The summed E-state index contributed by atoms with van der Waals surface area (Å²) >= 11 is 11.7. The highest BCUT2D eigenvalue weighted by atomic mass is 35.5. The molecule has 0 radical (unpaired) electrons. The Bertz CT molecular complexity index is 743. The molecule has 106 valence electrons. The zero-order valence-electron chi connectivity index (χ0n) is 10.7. The number of nitrogens with one attached hydrogen (secondary N) is 1. The van der Waals surface area contributed by atoms with Crippen LogP contribution in [0, 0.1) is 11.3 Å². The zero-order chi connectivity index (χ0) is 15.4. The molecule has 1 aromatic carbocycles. The fourth-order valence-corrected chi connectivity index (χ4v) is 1.88. The number of methoxy groups -OCH3 is 1. The van der Waals surface area contributed by atoms with Crippen LogP contribution in [0.15, 0.2) is 24.5 Å². The molecule has 1 aromatic heterocycles. The SMILES string of the molecule is COc1ncnc(Cl)c1NC(=O)c1ccc(Cl)c(C#N)c1. The molecule has 1 amide bonds. The van der Waals surface area contributed by atoms with E-state index < -0.39 is 5.91 Å². The number of anilines is 1. The number of rotatable bonds is 3. The van der Waals surface area contributed by atoms with Crippen LogP contribution in [0.1, 0.15) is 15.9 Å². The molecule has 0 fully saturated rings. The van der Waals surface area contributed by atoms with E-state index in [0.717, 1.165) is 0 Å². The number of benzene rings is 1. The van der Waals surface area contributed by atoms with Crippen LogP contribution in [0.4, 0.5) is 5.69 Å². The summed E-state index contributed by atoms with van der Waals surface area (Å²) in [5, 5.41) is 11.8. The summed E-state index contributed by atoms with van der Waals surface area (Å²) in [7, 11) is 1.39. The van der Waals surface area contributed by atoms with Crippen molar-refractivity contribution < 1.29 is 9.53 Å². The van der Waals surface area contributed by atoms with Gasteiger partial charge in [-0.15, -0.1) is 0 Å². The second kappa shape index (κ2) is 6.39. The highest BCUT2D eigenvalue weighted by Gasteiger charge is 2.16. The van der Waals surface area contributed by atoms with Crippen molar-refractivity contribution in [2.24, 2.45) is 0 Å². The molecule has 1 heterocycles. The van der Waals surface area contributed by atoms with Gasteiger partial charge in [-0.2, -0.15) is 10.2 Å². The van der Waals surface area contributed by atoms with Crippen LogP contribution in [0.2, 0.25) is 10.2 Å². The summed E-state index contributed by atoms with van der Waals surface area (Å²) in [5.41, 5.74) is 0.602. The summed E-state index contributed by atoms with van der Waals surface area (Å²) in [6.07, 6.45) is 1.22. The number of aromatic nitrogens is 2. The van der Waals surface area contributed by atoms with Gasteiger partial charge in [-0.25, -0.2) is 4.98 Å². The minimum atomic E-state index is -0.488. The fourth-order valence-electron chi connectivity index (χ4n) is 1.55. The second-order valence-electron chi connectivity index (χ2n) is 3.81. The molecule has 0 spiro atoms. The number of nitriles is 1. The first-order chi connectivity index (χ1) is 10.1. The lowest BCUT2D eigenvalue weighted by Gasteiger charge is -2.10. The summed E-state index contributed by atoms with van der Waals surface area (Å²) in [6.45, 7) is 0. The Hall–Kier alpha value is -2.36. The van der Waals surface area contributed by atoms with Crippen LogP contribution >= 0.6 is 23.2 Å². The molecule has 0 bridgehead atoms. The van der Waals surface area contributed by atoms with Gasteiger partial charge in [0.2, 0.25) is 5.88 Å². The Balaban J connectivity index is 2.33. The molecule has 2 rings (SSSR count). The predicted molar refractivity (Wildman–Crippen MR) is 77.7 cm³/mol. The van der Waals surface area contributed by atoms with Crippen LogP contribution in [0.3, 0.4) is 0 Å². The van der Waals surface area contributed by atoms with E-state index in [4.69, 9.17) is 33.2 Å². The van der Waals surface area contributed by atoms with Crippen LogP contribution in [-0.4, -0.2) is 23.0 Å². The van der Waals surface area contributed by atoms with Gasteiger partial charge >= 0.3 is 0 Å². The van der Waals surface area contributed by atoms with Gasteiger partial charge in [0.1, 0.15) is 18.1 Å². The molecular formula is C13H8Cl2N4O2. The van der Waals surface area contributed by atoms with Crippen LogP contribution in [0.5, 0.6) is 5.88 Å². The number of carbonyl (C=O) groups is 1.